The molecule has 0 atom stereocenters. The number of benzene rings is 1. The minimum absolute atomic E-state index is 0.247. The first kappa shape index (κ1) is 12.4. The van der Waals surface area contributed by atoms with E-state index in [0.29, 0.717) is 5.69 Å². The molecule has 0 radical (unpaired) electrons. The summed E-state index contributed by atoms with van der Waals surface area (Å²) in [5.74, 6) is -0.944. The predicted molar refractivity (Wildman–Crippen MR) is 72.6 cm³/mol. The molecule has 0 spiro atoms. The number of hydrogen-bond donors (Lipinski definition) is 1. The van der Waals surface area contributed by atoms with E-state index >= 15 is 0 Å². The predicted octanol–water partition coefficient (Wildman–Crippen LogP) is 3.29. The van der Waals surface area contributed by atoms with E-state index in [1.54, 1.807) is 24.5 Å². The van der Waals surface area contributed by atoms with Crippen LogP contribution in [-0.4, -0.2) is 22.3 Å². The molecule has 90 valence electrons. The van der Waals surface area contributed by atoms with E-state index in [-0.39, 0.29) is 5.56 Å². The number of halogens is 1. The van der Waals surface area contributed by atoms with Crippen LogP contribution < -0.4 is 0 Å². The van der Waals surface area contributed by atoms with Crippen molar-refractivity contribution in [2.24, 2.45) is 4.99 Å². The van der Waals surface area contributed by atoms with E-state index in [9.17, 15) is 4.79 Å². The van der Waals surface area contributed by atoms with Gasteiger partial charge in [-0.2, -0.15) is 0 Å². The fourth-order valence-electron chi connectivity index (χ4n) is 1.33. The molecule has 18 heavy (non-hydrogen) atoms. The monoisotopic (exact) mass is 304 g/mol. The average Bonchev–Trinajstić information content (AvgIpc) is 2.38. The van der Waals surface area contributed by atoms with Crippen LogP contribution in [0.1, 0.15) is 15.9 Å². The highest BCUT2D eigenvalue weighted by Gasteiger charge is 2.00. The molecule has 0 aliphatic carbocycles. The standard InChI is InChI=1S/C13H9BrN2O2/c14-12-10(2-1-7-15-12)8-16-11-5-3-9(4-6-11)13(17)18/h1-8H,(H,17,18)/b16-8-. The van der Waals surface area contributed by atoms with Gasteiger partial charge in [0.15, 0.2) is 0 Å². The van der Waals surface area contributed by atoms with Crippen LogP contribution in [0, 0.1) is 0 Å². The average molecular weight is 305 g/mol. The Kier molecular flexibility index (Phi) is 3.84. The molecule has 1 aromatic carbocycles. The molecule has 5 heteroatoms. The highest BCUT2D eigenvalue weighted by molar-refractivity contribution is 9.10. The number of aromatic nitrogens is 1. The van der Waals surface area contributed by atoms with E-state index < -0.39 is 5.97 Å². The van der Waals surface area contributed by atoms with Crippen molar-refractivity contribution in [1.29, 1.82) is 0 Å². The Labute approximate surface area is 112 Å². The Bertz CT molecular complexity index is 594. The second kappa shape index (κ2) is 5.55. The highest BCUT2D eigenvalue weighted by Crippen LogP contribution is 2.15. The zero-order chi connectivity index (χ0) is 13.0. The molecule has 0 unspecified atom stereocenters. The number of nitrogens with zero attached hydrogens (tertiary/aromatic N) is 2. The molecule has 1 N–H and O–H groups in total. The molecular weight excluding hydrogens is 296 g/mol. The third-order valence-corrected chi connectivity index (χ3v) is 2.92. The lowest BCUT2D eigenvalue weighted by Gasteiger charge is -1.97. The molecule has 0 amide bonds. The van der Waals surface area contributed by atoms with Crippen LogP contribution in [0.15, 0.2) is 52.2 Å². The van der Waals surface area contributed by atoms with Crippen molar-refractivity contribution < 1.29 is 9.90 Å². The SMILES string of the molecule is O=C(O)c1ccc(/N=C\c2cccnc2Br)cc1. The maximum atomic E-state index is 10.7. The molecule has 2 rings (SSSR count). The van der Waals surface area contributed by atoms with Crippen LogP contribution in [-0.2, 0) is 0 Å². The van der Waals surface area contributed by atoms with Crippen molar-refractivity contribution in [2.45, 2.75) is 0 Å². The number of pyridine rings is 1. The van der Waals surface area contributed by atoms with Gasteiger partial charge in [-0.05, 0) is 52.3 Å². The first-order valence-electron chi connectivity index (χ1n) is 5.15. The summed E-state index contributed by atoms with van der Waals surface area (Å²) in [6.07, 6.45) is 3.36. The largest absolute Gasteiger partial charge is 0.478 e. The summed E-state index contributed by atoms with van der Waals surface area (Å²) in [5, 5.41) is 8.77. The number of carboxylic acids is 1. The minimum atomic E-state index is -0.944. The molecule has 0 bridgehead atoms. The second-order valence-corrected chi connectivity index (χ2v) is 4.24. The zero-order valence-corrected chi connectivity index (χ0v) is 10.8. The van der Waals surface area contributed by atoms with Gasteiger partial charge in [0.25, 0.3) is 0 Å². The molecule has 0 saturated carbocycles. The molecule has 1 aromatic heterocycles. The Hall–Kier alpha value is -2.01. The zero-order valence-electron chi connectivity index (χ0n) is 9.25. The van der Waals surface area contributed by atoms with E-state index in [1.165, 1.54) is 12.1 Å². The highest BCUT2D eigenvalue weighted by atomic mass is 79.9. The van der Waals surface area contributed by atoms with Crippen molar-refractivity contribution in [3.05, 3.63) is 58.3 Å². The molecule has 2 aromatic rings. The molecule has 0 aliphatic heterocycles. The van der Waals surface area contributed by atoms with Gasteiger partial charge in [0.1, 0.15) is 4.60 Å². The van der Waals surface area contributed by atoms with E-state index in [4.69, 9.17) is 5.11 Å². The van der Waals surface area contributed by atoms with E-state index in [0.717, 1.165) is 10.2 Å². The quantitative estimate of drug-likeness (QED) is 0.699. The van der Waals surface area contributed by atoms with Crippen LogP contribution in [0.3, 0.4) is 0 Å². The Morgan fingerprint density at radius 3 is 2.61 bits per heavy atom. The number of carboxylic acid groups (broad SMARTS) is 1. The summed E-state index contributed by atoms with van der Waals surface area (Å²) in [6.45, 7) is 0. The van der Waals surface area contributed by atoms with Crippen LogP contribution in [0.2, 0.25) is 0 Å². The van der Waals surface area contributed by atoms with Gasteiger partial charge in [0, 0.05) is 18.0 Å². The third-order valence-electron chi connectivity index (χ3n) is 2.25. The number of rotatable bonds is 3. The Balaban J connectivity index is 2.19. The van der Waals surface area contributed by atoms with Gasteiger partial charge in [-0.3, -0.25) is 4.99 Å². The van der Waals surface area contributed by atoms with E-state index in [2.05, 4.69) is 25.9 Å². The smallest absolute Gasteiger partial charge is 0.335 e. The molecule has 0 aliphatic rings. The number of carbonyl (C=O) groups is 1. The molecule has 0 fully saturated rings. The van der Waals surface area contributed by atoms with Gasteiger partial charge in [-0.25, -0.2) is 9.78 Å². The number of hydrogen-bond acceptors (Lipinski definition) is 3. The van der Waals surface area contributed by atoms with Crippen molar-refractivity contribution in [2.75, 3.05) is 0 Å². The van der Waals surface area contributed by atoms with Crippen molar-refractivity contribution in [3.8, 4) is 0 Å². The maximum absolute atomic E-state index is 10.7. The lowest BCUT2D eigenvalue weighted by Crippen LogP contribution is -1.94. The first-order valence-corrected chi connectivity index (χ1v) is 5.94. The summed E-state index contributed by atoms with van der Waals surface area (Å²) in [4.78, 5) is 19.0. The minimum Gasteiger partial charge on any atom is -0.478 e. The molecular formula is C13H9BrN2O2. The maximum Gasteiger partial charge on any atom is 0.335 e. The fraction of sp³-hybridized carbons (Fsp3) is 0. The summed E-state index contributed by atoms with van der Waals surface area (Å²) < 4.78 is 0.718. The van der Waals surface area contributed by atoms with Crippen LogP contribution in [0.5, 0.6) is 0 Å². The fourth-order valence-corrected chi connectivity index (χ4v) is 1.68. The van der Waals surface area contributed by atoms with Gasteiger partial charge < -0.3 is 5.11 Å². The topological polar surface area (TPSA) is 62.5 Å². The summed E-state index contributed by atoms with van der Waals surface area (Å²) >= 11 is 3.32. The summed E-state index contributed by atoms with van der Waals surface area (Å²) in [6, 6.07) is 10.1. The van der Waals surface area contributed by atoms with Gasteiger partial charge in [0.05, 0.1) is 11.3 Å². The van der Waals surface area contributed by atoms with Gasteiger partial charge in [-0.15, -0.1) is 0 Å². The van der Waals surface area contributed by atoms with Crippen LogP contribution in [0.4, 0.5) is 5.69 Å². The lowest BCUT2D eigenvalue weighted by molar-refractivity contribution is 0.0697. The van der Waals surface area contributed by atoms with Crippen molar-refractivity contribution in [1.82, 2.24) is 4.98 Å². The number of aromatic carboxylic acids is 1. The van der Waals surface area contributed by atoms with Gasteiger partial charge >= 0.3 is 5.97 Å². The first-order chi connectivity index (χ1) is 8.66. The normalized spacial score (nSPS) is 10.7. The Morgan fingerprint density at radius 1 is 1.28 bits per heavy atom. The second-order valence-electron chi connectivity index (χ2n) is 3.49. The van der Waals surface area contributed by atoms with Crippen molar-refractivity contribution in [3.63, 3.8) is 0 Å². The Morgan fingerprint density at radius 2 is 2.00 bits per heavy atom. The van der Waals surface area contributed by atoms with Crippen LogP contribution >= 0.6 is 15.9 Å². The van der Waals surface area contributed by atoms with E-state index in [1.807, 2.05) is 12.1 Å². The molecule has 4 nitrogen and oxygen atoms in total. The third kappa shape index (κ3) is 3.01. The van der Waals surface area contributed by atoms with Crippen LogP contribution in [0.25, 0.3) is 0 Å². The lowest BCUT2D eigenvalue weighted by atomic mass is 10.2. The van der Waals surface area contributed by atoms with Gasteiger partial charge in [-0.1, -0.05) is 0 Å². The molecule has 0 saturated heterocycles. The number of aliphatic imine (C=N–C) groups is 1. The van der Waals surface area contributed by atoms with Gasteiger partial charge in [0.2, 0.25) is 0 Å². The van der Waals surface area contributed by atoms with Crippen molar-refractivity contribution >= 4 is 33.8 Å². The summed E-state index contributed by atoms with van der Waals surface area (Å²) in [5.41, 5.74) is 1.80. The summed E-state index contributed by atoms with van der Waals surface area (Å²) in [7, 11) is 0. The molecule has 1 heterocycles.